The zero-order chi connectivity index (χ0) is 20.1. The van der Waals surface area contributed by atoms with E-state index in [0.717, 1.165) is 10.5 Å². The molecular formula is C18H26Cl2FOPSi2Ti. The van der Waals surface area contributed by atoms with Gasteiger partial charge < -0.3 is 5.11 Å². The Kier molecular flexibility index (Phi) is 9.56. The van der Waals surface area contributed by atoms with Gasteiger partial charge in [-0.3, -0.25) is 0 Å². The van der Waals surface area contributed by atoms with Gasteiger partial charge in [-0.2, -0.15) is 0 Å². The van der Waals surface area contributed by atoms with E-state index in [0.29, 0.717) is 11.1 Å². The first-order chi connectivity index (χ1) is 11.9. The summed E-state index contributed by atoms with van der Waals surface area (Å²) in [5, 5.41) is 14.8. The molecule has 8 heteroatoms. The minimum atomic E-state index is -1.67. The molecule has 0 aromatic heterocycles. The third-order valence-electron chi connectivity index (χ3n) is 3.93. The number of hydrogen-bond acceptors (Lipinski definition) is 1. The fourth-order valence-electron chi connectivity index (χ4n) is 2.44. The zero-order valence-electron chi connectivity index (χ0n) is 16.0. The van der Waals surface area contributed by atoms with E-state index in [1.165, 1.54) is 11.3 Å². The quantitative estimate of drug-likeness (QED) is 0.497. The Morgan fingerprint density at radius 1 is 0.923 bits per heavy atom. The summed E-state index contributed by atoms with van der Waals surface area (Å²) in [5.41, 5.74) is 0. The van der Waals surface area contributed by atoms with Crippen molar-refractivity contribution in [2.75, 3.05) is 0 Å². The van der Waals surface area contributed by atoms with E-state index in [9.17, 15) is 9.50 Å². The number of benzene rings is 2. The number of phenolic OH excluding ortho intramolecular Hbond substituents is 1. The van der Waals surface area contributed by atoms with Crippen molar-refractivity contribution in [3.63, 3.8) is 0 Å². The average Bonchev–Trinajstić information content (AvgIpc) is 2.50. The minimum absolute atomic E-state index is 0.145. The SMILES string of the molecule is C[Si](C)(C)c1cc(Pc2ccccc2F)c(O)c([Si](C)(C)C)c1.[Cl][Ti][Cl]. The van der Waals surface area contributed by atoms with Gasteiger partial charge in [-0.1, -0.05) is 83.4 Å². The zero-order valence-corrected chi connectivity index (χ0v) is 22.1. The molecule has 0 spiro atoms. The van der Waals surface area contributed by atoms with E-state index < -0.39 is 33.2 Å². The van der Waals surface area contributed by atoms with Crippen molar-refractivity contribution >= 4 is 64.3 Å². The van der Waals surface area contributed by atoms with Crippen LogP contribution in [-0.4, -0.2) is 21.3 Å². The maximum absolute atomic E-state index is 14.0. The molecule has 26 heavy (non-hydrogen) atoms. The summed E-state index contributed by atoms with van der Waals surface area (Å²) >= 11 is -0.556. The van der Waals surface area contributed by atoms with Crippen LogP contribution in [0.15, 0.2) is 36.4 Å². The summed E-state index contributed by atoms with van der Waals surface area (Å²) in [6.45, 7) is 13.7. The molecule has 0 fully saturated rings. The van der Waals surface area contributed by atoms with Crippen molar-refractivity contribution in [1.29, 1.82) is 0 Å². The summed E-state index contributed by atoms with van der Waals surface area (Å²) in [6.07, 6.45) is 0. The van der Waals surface area contributed by atoms with Gasteiger partial charge in [0.2, 0.25) is 0 Å². The first-order valence-electron chi connectivity index (χ1n) is 8.27. The first kappa shape index (κ1) is 24.4. The maximum atomic E-state index is 14.0. The third kappa shape index (κ3) is 7.05. The fraction of sp³-hybridized carbons (Fsp3) is 0.333. The van der Waals surface area contributed by atoms with Crippen LogP contribution >= 0.6 is 27.2 Å². The van der Waals surface area contributed by atoms with Gasteiger partial charge in [0, 0.05) is 10.6 Å². The molecular weight excluding hydrogens is 457 g/mol. The molecule has 0 aliphatic carbocycles. The Labute approximate surface area is 177 Å². The van der Waals surface area contributed by atoms with Crippen LogP contribution in [0, 0.1) is 5.82 Å². The van der Waals surface area contributed by atoms with Gasteiger partial charge in [-0.15, -0.1) is 0 Å². The molecule has 142 valence electrons. The van der Waals surface area contributed by atoms with Crippen molar-refractivity contribution in [1.82, 2.24) is 0 Å². The third-order valence-corrected chi connectivity index (χ3v) is 9.27. The molecule has 2 aromatic carbocycles. The van der Waals surface area contributed by atoms with Gasteiger partial charge >= 0.3 is 35.6 Å². The van der Waals surface area contributed by atoms with Crippen LogP contribution in [0.5, 0.6) is 5.75 Å². The number of phenols is 1. The Hall–Kier alpha value is 0.328. The van der Waals surface area contributed by atoms with Crippen molar-refractivity contribution in [2.24, 2.45) is 0 Å². The number of rotatable bonds is 4. The summed E-state index contributed by atoms with van der Waals surface area (Å²) in [5.74, 6) is 0.186. The summed E-state index contributed by atoms with van der Waals surface area (Å²) in [4.78, 5) is 0. The van der Waals surface area contributed by atoms with Crippen LogP contribution in [0.25, 0.3) is 0 Å². The van der Waals surface area contributed by atoms with Crippen molar-refractivity contribution in [3.8, 4) is 5.75 Å². The topological polar surface area (TPSA) is 20.2 Å². The predicted molar refractivity (Wildman–Crippen MR) is 120 cm³/mol. The van der Waals surface area contributed by atoms with E-state index >= 15 is 0 Å². The van der Waals surface area contributed by atoms with Crippen LogP contribution in [0.2, 0.25) is 39.3 Å². The van der Waals surface area contributed by atoms with Crippen molar-refractivity contribution < 1.29 is 26.5 Å². The van der Waals surface area contributed by atoms with Gasteiger partial charge in [0.15, 0.2) is 0 Å². The molecule has 0 bridgehead atoms. The van der Waals surface area contributed by atoms with Gasteiger partial charge in [0.05, 0.1) is 16.1 Å². The second-order valence-electron chi connectivity index (χ2n) is 8.10. The van der Waals surface area contributed by atoms with Crippen LogP contribution in [0.1, 0.15) is 0 Å². The summed E-state index contributed by atoms with van der Waals surface area (Å²) < 4.78 is 14.0. The van der Waals surface area contributed by atoms with Gasteiger partial charge in [0.25, 0.3) is 0 Å². The molecule has 1 unspecified atom stereocenters. The van der Waals surface area contributed by atoms with E-state index in [2.05, 4.69) is 51.4 Å². The van der Waals surface area contributed by atoms with Crippen LogP contribution in [-0.2, 0) is 17.0 Å². The molecule has 0 amide bonds. The second-order valence-corrected chi connectivity index (χ2v) is 22.1. The molecule has 0 radical (unpaired) electrons. The molecule has 0 saturated carbocycles. The van der Waals surface area contributed by atoms with Crippen LogP contribution in [0.3, 0.4) is 0 Å². The molecule has 2 rings (SSSR count). The van der Waals surface area contributed by atoms with Crippen molar-refractivity contribution in [2.45, 2.75) is 39.3 Å². The Morgan fingerprint density at radius 3 is 1.92 bits per heavy atom. The van der Waals surface area contributed by atoms with Gasteiger partial charge in [0.1, 0.15) is 11.6 Å². The van der Waals surface area contributed by atoms with Crippen LogP contribution < -0.4 is 21.0 Å². The monoisotopic (exact) mass is 482 g/mol. The molecule has 1 N–H and O–H groups in total. The molecule has 0 saturated heterocycles. The van der Waals surface area contributed by atoms with Gasteiger partial charge in [-0.05, 0) is 11.3 Å². The van der Waals surface area contributed by atoms with Crippen LogP contribution in [0.4, 0.5) is 4.39 Å². The summed E-state index contributed by atoms with van der Waals surface area (Å²) in [6, 6.07) is 11.2. The average molecular weight is 483 g/mol. The Morgan fingerprint density at radius 2 is 1.46 bits per heavy atom. The molecule has 0 aliphatic rings. The normalized spacial score (nSPS) is 12.0. The van der Waals surface area contributed by atoms with Gasteiger partial charge in [-0.25, -0.2) is 4.39 Å². The fourth-order valence-corrected chi connectivity index (χ4v) is 6.60. The number of aromatic hydroxyl groups is 1. The second kappa shape index (κ2) is 10.2. The molecule has 2 aromatic rings. The Bertz CT molecular complexity index is 749. The first-order valence-corrected chi connectivity index (χ1v) is 20.6. The van der Waals surface area contributed by atoms with E-state index in [1.54, 1.807) is 6.07 Å². The molecule has 1 atom stereocenters. The van der Waals surface area contributed by atoms with E-state index in [1.807, 2.05) is 12.1 Å². The number of halogens is 3. The molecule has 0 aliphatic heterocycles. The Balaban J connectivity index is 0.00000105. The molecule has 1 nitrogen and oxygen atoms in total. The molecule has 0 heterocycles. The van der Waals surface area contributed by atoms with E-state index in [-0.39, 0.29) is 14.4 Å². The predicted octanol–water partition coefficient (Wildman–Crippen LogP) is 4.63. The standard InChI is InChI=1S/C18H26FOPSi2.2ClH.Ti/c1-22(2,3)13-11-16(18(20)17(12-13)23(4,5)6)21-15-10-8-7-9-14(15)19;;;/h7-12,20-21H,1-6H3;2*1H;/q;;;+2/p-2. The van der Waals surface area contributed by atoms with Crippen molar-refractivity contribution in [3.05, 3.63) is 42.2 Å². The summed E-state index contributed by atoms with van der Waals surface area (Å²) in [7, 11) is 6.75. The van der Waals surface area contributed by atoms with E-state index in [4.69, 9.17) is 18.6 Å². The number of hydrogen-bond donors (Lipinski definition) is 1.